The molecule has 0 aromatic rings. The van der Waals surface area contributed by atoms with Gasteiger partial charge in [0.05, 0.1) is 11.4 Å². The van der Waals surface area contributed by atoms with Crippen molar-refractivity contribution in [3.63, 3.8) is 0 Å². The lowest BCUT2D eigenvalue weighted by Crippen LogP contribution is -2.39. The normalized spacial score (nSPS) is 20.5. The summed E-state index contributed by atoms with van der Waals surface area (Å²) in [4.78, 5) is 2.31. The standard InChI is InChI=1S/C9H15F3N2S/c10-9(11,12)3-6-14-4-1-7(2-5-14)8(13)15/h7H,1-6H2,(H2,13,15). The number of alkyl halides is 3. The van der Waals surface area contributed by atoms with Crippen molar-refractivity contribution in [1.29, 1.82) is 0 Å². The largest absolute Gasteiger partial charge is 0.393 e. The Morgan fingerprint density at radius 3 is 2.27 bits per heavy atom. The Labute approximate surface area is 92.6 Å². The number of thiocarbonyl (C=S) groups is 1. The van der Waals surface area contributed by atoms with E-state index in [1.807, 2.05) is 4.90 Å². The Balaban J connectivity index is 2.23. The summed E-state index contributed by atoms with van der Waals surface area (Å²) in [6, 6.07) is 0. The lowest BCUT2D eigenvalue weighted by molar-refractivity contribution is -0.138. The Morgan fingerprint density at radius 2 is 1.87 bits per heavy atom. The van der Waals surface area contributed by atoms with Gasteiger partial charge in [-0.2, -0.15) is 13.2 Å². The first-order chi connectivity index (χ1) is 6.88. The van der Waals surface area contributed by atoms with E-state index in [-0.39, 0.29) is 12.5 Å². The molecule has 1 heterocycles. The summed E-state index contributed by atoms with van der Waals surface area (Å²) < 4.78 is 35.8. The molecule has 1 aliphatic heterocycles. The fourth-order valence-corrected chi connectivity index (χ4v) is 1.96. The van der Waals surface area contributed by atoms with E-state index in [0.717, 1.165) is 12.8 Å². The summed E-state index contributed by atoms with van der Waals surface area (Å²) in [5.41, 5.74) is 5.49. The fourth-order valence-electron chi connectivity index (χ4n) is 1.73. The minimum Gasteiger partial charge on any atom is -0.393 e. The highest BCUT2D eigenvalue weighted by Gasteiger charge is 2.29. The van der Waals surface area contributed by atoms with Gasteiger partial charge in [0, 0.05) is 12.5 Å². The fraction of sp³-hybridized carbons (Fsp3) is 0.889. The summed E-state index contributed by atoms with van der Waals surface area (Å²) in [6.07, 6.45) is -3.22. The van der Waals surface area contributed by atoms with Gasteiger partial charge in [-0.1, -0.05) is 12.2 Å². The number of likely N-dealkylation sites (tertiary alicyclic amines) is 1. The molecule has 6 heteroatoms. The molecule has 2 N–H and O–H groups in total. The molecule has 0 radical (unpaired) electrons. The predicted molar refractivity (Wildman–Crippen MR) is 56.6 cm³/mol. The van der Waals surface area contributed by atoms with Gasteiger partial charge in [-0.15, -0.1) is 0 Å². The molecule has 0 unspecified atom stereocenters. The number of hydrogen-bond donors (Lipinski definition) is 1. The van der Waals surface area contributed by atoms with Gasteiger partial charge in [0.2, 0.25) is 0 Å². The molecule has 0 bridgehead atoms. The Morgan fingerprint density at radius 1 is 1.33 bits per heavy atom. The maximum Gasteiger partial charge on any atom is 0.390 e. The summed E-state index contributed by atoms with van der Waals surface area (Å²) >= 11 is 4.86. The molecule has 0 atom stereocenters. The molecule has 88 valence electrons. The van der Waals surface area contributed by atoms with Crippen LogP contribution in [0.1, 0.15) is 19.3 Å². The van der Waals surface area contributed by atoms with Crippen molar-refractivity contribution < 1.29 is 13.2 Å². The maximum atomic E-state index is 11.9. The van der Waals surface area contributed by atoms with E-state index in [0.29, 0.717) is 18.1 Å². The average molecular weight is 240 g/mol. The summed E-state index contributed by atoms with van der Waals surface area (Å²) in [5, 5.41) is 0. The van der Waals surface area contributed by atoms with Crippen molar-refractivity contribution >= 4 is 17.2 Å². The van der Waals surface area contributed by atoms with Crippen LogP contribution >= 0.6 is 12.2 Å². The highest BCUT2D eigenvalue weighted by molar-refractivity contribution is 7.80. The van der Waals surface area contributed by atoms with Crippen LogP contribution in [0.2, 0.25) is 0 Å². The van der Waals surface area contributed by atoms with Gasteiger partial charge < -0.3 is 10.6 Å². The molecule has 15 heavy (non-hydrogen) atoms. The zero-order valence-corrected chi connectivity index (χ0v) is 9.20. The third-order valence-electron chi connectivity index (χ3n) is 2.70. The zero-order valence-electron chi connectivity index (χ0n) is 8.39. The molecule has 0 aliphatic carbocycles. The van der Waals surface area contributed by atoms with Gasteiger partial charge in [-0.05, 0) is 25.9 Å². The molecule has 1 aliphatic rings. The quantitative estimate of drug-likeness (QED) is 0.764. The molecular weight excluding hydrogens is 225 g/mol. The van der Waals surface area contributed by atoms with Crippen LogP contribution in [0.15, 0.2) is 0 Å². The van der Waals surface area contributed by atoms with Crippen LogP contribution in [0.5, 0.6) is 0 Å². The van der Waals surface area contributed by atoms with Crippen molar-refractivity contribution in [1.82, 2.24) is 4.90 Å². The van der Waals surface area contributed by atoms with E-state index in [1.54, 1.807) is 0 Å². The Bertz CT molecular complexity index is 222. The molecular formula is C9H15F3N2S. The highest BCUT2D eigenvalue weighted by atomic mass is 32.1. The van der Waals surface area contributed by atoms with Gasteiger partial charge in [-0.3, -0.25) is 0 Å². The second-order valence-electron chi connectivity index (χ2n) is 3.88. The Kier molecular flexibility index (Phi) is 4.33. The first-order valence-electron chi connectivity index (χ1n) is 4.97. The lowest BCUT2D eigenvalue weighted by Gasteiger charge is -2.31. The van der Waals surface area contributed by atoms with E-state index in [1.165, 1.54) is 0 Å². The number of piperidine rings is 1. The van der Waals surface area contributed by atoms with Gasteiger partial charge in [0.15, 0.2) is 0 Å². The van der Waals surface area contributed by atoms with Crippen LogP contribution in [-0.4, -0.2) is 35.7 Å². The van der Waals surface area contributed by atoms with Crippen LogP contribution in [0.3, 0.4) is 0 Å². The molecule has 0 saturated carbocycles. The van der Waals surface area contributed by atoms with Gasteiger partial charge in [0.1, 0.15) is 0 Å². The molecule has 0 aromatic carbocycles. The number of halogens is 3. The molecule has 1 fully saturated rings. The smallest absolute Gasteiger partial charge is 0.390 e. The predicted octanol–water partition coefficient (Wildman–Crippen LogP) is 1.94. The van der Waals surface area contributed by atoms with Crippen LogP contribution in [-0.2, 0) is 0 Å². The third kappa shape index (κ3) is 4.79. The van der Waals surface area contributed by atoms with E-state index in [4.69, 9.17) is 18.0 Å². The van der Waals surface area contributed by atoms with Crippen molar-refractivity contribution in [2.45, 2.75) is 25.4 Å². The van der Waals surface area contributed by atoms with E-state index >= 15 is 0 Å². The van der Waals surface area contributed by atoms with Crippen LogP contribution in [0, 0.1) is 5.92 Å². The van der Waals surface area contributed by atoms with Crippen molar-refractivity contribution in [2.75, 3.05) is 19.6 Å². The first-order valence-corrected chi connectivity index (χ1v) is 5.38. The van der Waals surface area contributed by atoms with Crippen LogP contribution in [0.25, 0.3) is 0 Å². The molecule has 1 rings (SSSR count). The molecule has 2 nitrogen and oxygen atoms in total. The highest BCUT2D eigenvalue weighted by Crippen LogP contribution is 2.22. The summed E-state index contributed by atoms with van der Waals surface area (Å²) in [5.74, 6) is 0.210. The van der Waals surface area contributed by atoms with E-state index in [2.05, 4.69) is 0 Å². The molecule has 0 spiro atoms. The minimum absolute atomic E-state index is 0.0908. The Hall–Kier alpha value is -0.360. The number of nitrogens with zero attached hydrogens (tertiary/aromatic N) is 1. The molecule has 0 amide bonds. The van der Waals surface area contributed by atoms with Crippen LogP contribution < -0.4 is 5.73 Å². The maximum absolute atomic E-state index is 11.9. The number of hydrogen-bond acceptors (Lipinski definition) is 2. The van der Waals surface area contributed by atoms with Crippen molar-refractivity contribution in [3.8, 4) is 0 Å². The SMILES string of the molecule is NC(=S)C1CCN(CCC(F)(F)F)CC1. The summed E-state index contributed by atoms with van der Waals surface area (Å²) in [7, 11) is 0. The monoisotopic (exact) mass is 240 g/mol. The topological polar surface area (TPSA) is 29.3 Å². The van der Waals surface area contributed by atoms with E-state index in [9.17, 15) is 13.2 Å². The summed E-state index contributed by atoms with van der Waals surface area (Å²) in [6.45, 7) is 1.42. The van der Waals surface area contributed by atoms with Gasteiger partial charge >= 0.3 is 6.18 Å². The zero-order chi connectivity index (χ0) is 11.5. The van der Waals surface area contributed by atoms with Crippen molar-refractivity contribution in [2.24, 2.45) is 11.7 Å². The van der Waals surface area contributed by atoms with Crippen LogP contribution in [0.4, 0.5) is 13.2 Å². The van der Waals surface area contributed by atoms with Gasteiger partial charge in [0.25, 0.3) is 0 Å². The second-order valence-corrected chi connectivity index (χ2v) is 4.35. The number of rotatable bonds is 3. The molecule has 1 saturated heterocycles. The second kappa shape index (κ2) is 5.12. The lowest BCUT2D eigenvalue weighted by atomic mass is 9.97. The average Bonchev–Trinajstić information content (AvgIpc) is 2.14. The minimum atomic E-state index is -4.06. The number of nitrogens with two attached hydrogens (primary N) is 1. The third-order valence-corrected chi connectivity index (χ3v) is 3.03. The van der Waals surface area contributed by atoms with E-state index < -0.39 is 12.6 Å². The molecule has 0 aromatic heterocycles. The first kappa shape index (κ1) is 12.7. The van der Waals surface area contributed by atoms with Gasteiger partial charge in [-0.25, -0.2) is 0 Å². The van der Waals surface area contributed by atoms with Crippen molar-refractivity contribution in [3.05, 3.63) is 0 Å².